The van der Waals surface area contributed by atoms with Crippen LogP contribution >= 0.6 is 23.2 Å². The Balaban J connectivity index is 1.84. The summed E-state index contributed by atoms with van der Waals surface area (Å²) in [5.74, 6) is -0.881. The Hall–Kier alpha value is -3.43. The standard InChI is InChI=1S/C17H9Cl2N3O6/c18-10-2-1-3-11(19)14(10)15(23)21-17(25)20-12-7-8-6-9(22(26)27)4-5-13(8)28-16(12)24/h1-7H,(H2,20,21,23,25). The van der Waals surface area contributed by atoms with Crippen molar-refractivity contribution in [2.45, 2.75) is 0 Å². The first-order chi connectivity index (χ1) is 13.3. The molecule has 2 aromatic carbocycles. The first-order valence-electron chi connectivity index (χ1n) is 7.55. The van der Waals surface area contributed by atoms with Crippen LogP contribution in [0, 0.1) is 10.1 Å². The number of nitro benzene ring substituents is 1. The number of amides is 3. The largest absolute Gasteiger partial charge is 0.421 e. The highest BCUT2D eigenvalue weighted by atomic mass is 35.5. The van der Waals surface area contributed by atoms with Crippen LogP contribution in [-0.2, 0) is 0 Å². The van der Waals surface area contributed by atoms with Gasteiger partial charge in [0.15, 0.2) is 0 Å². The zero-order valence-electron chi connectivity index (χ0n) is 13.7. The highest BCUT2D eigenvalue weighted by molar-refractivity contribution is 6.40. The number of non-ortho nitro benzene ring substituents is 1. The number of nitrogens with zero attached hydrogens (tertiary/aromatic N) is 1. The van der Waals surface area contributed by atoms with E-state index in [1.807, 2.05) is 5.32 Å². The van der Waals surface area contributed by atoms with E-state index >= 15 is 0 Å². The summed E-state index contributed by atoms with van der Waals surface area (Å²) in [4.78, 5) is 46.5. The average Bonchev–Trinajstić information content (AvgIpc) is 2.61. The molecule has 28 heavy (non-hydrogen) atoms. The van der Waals surface area contributed by atoms with Gasteiger partial charge in [0.2, 0.25) is 0 Å². The third-order valence-corrected chi connectivity index (χ3v) is 4.22. The Bertz CT molecular complexity index is 1170. The van der Waals surface area contributed by atoms with Crippen LogP contribution in [0.4, 0.5) is 16.2 Å². The van der Waals surface area contributed by atoms with Gasteiger partial charge in [-0.25, -0.2) is 9.59 Å². The fraction of sp³-hybridized carbons (Fsp3) is 0. The molecule has 1 heterocycles. The number of anilines is 1. The van der Waals surface area contributed by atoms with Gasteiger partial charge < -0.3 is 9.73 Å². The van der Waals surface area contributed by atoms with Crippen molar-refractivity contribution >= 4 is 57.5 Å². The molecule has 2 N–H and O–H groups in total. The molecule has 1 aromatic heterocycles. The Morgan fingerprint density at radius 1 is 1.07 bits per heavy atom. The molecule has 3 amide bonds. The van der Waals surface area contributed by atoms with Gasteiger partial charge in [0, 0.05) is 17.5 Å². The molecule has 0 saturated heterocycles. The number of benzene rings is 2. The van der Waals surface area contributed by atoms with Gasteiger partial charge in [-0.1, -0.05) is 29.3 Å². The van der Waals surface area contributed by atoms with E-state index in [1.54, 1.807) is 0 Å². The van der Waals surface area contributed by atoms with Crippen molar-refractivity contribution in [3.63, 3.8) is 0 Å². The molecule has 3 aromatic rings. The van der Waals surface area contributed by atoms with Gasteiger partial charge in [-0.3, -0.25) is 20.2 Å². The molecule has 0 unspecified atom stereocenters. The molecule has 0 fully saturated rings. The molecule has 0 aliphatic carbocycles. The van der Waals surface area contributed by atoms with Crippen molar-refractivity contribution in [2.24, 2.45) is 0 Å². The lowest BCUT2D eigenvalue weighted by atomic mass is 10.2. The van der Waals surface area contributed by atoms with Crippen LogP contribution < -0.4 is 16.3 Å². The molecule has 0 saturated carbocycles. The van der Waals surface area contributed by atoms with Gasteiger partial charge >= 0.3 is 11.7 Å². The third kappa shape index (κ3) is 3.95. The van der Waals surface area contributed by atoms with E-state index in [9.17, 15) is 24.5 Å². The Morgan fingerprint density at radius 3 is 2.39 bits per heavy atom. The predicted octanol–water partition coefficient (Wildman–Crippen LogP) is 3.97. The Labute approximate surface area is 166 Å². The number of halogens is 2. The maximum Gasteiger partial charge on any atom is 0.360 e. The number of urea groups is 1. The summed E-state index contributed by atoms with van der Waals surface area (Å²) in [6.07, 6.45) is 0. The minimum Gasteiger partial charge on any atom is -0.421 e. The molecule has 0 aliphatic heterocycles. The molecule has 3 rings (SSSR count). The van der Waals surface area contributed by atoms with Crippen molar-refractivity contribution in [3.8, 4) is 0 Å². The zero-order valence-corrected chi connectivity index (χ0v) is 15.2. The lowest BCUT2D eigenvalue weighted by Crippen LogP contribution is -2.35. The normalized spacial score (nSPS) is 10.5. The van der Waals surface area contributed by atoms with Crippen LogP contribution in [0.3, 0.4) is 0 Å². The summed E-state index contributed by atoms with van der Waals surface area (Å²) in [5, 5.41) is 15.3. The van der Waals surface area contributed by atoms with E-state index in [0.717, 1.165) is 0 Å². The molecular weight excluding hydrogens is 413 g/mol. The summed E-state index contributed by atoms with van der Waals surface area (Å²) >= 11 is 11.8. The van der Waals surface area contributed by atoms with Gasteiger partial charge in [0.05, 0.1) is 20.5 Å². The van der Waals surface area contributed by atoms with Crippen molar-refractivity contribution < 1.29 is 18.9 Å². The summed E-state index contributed by atoms with van der Waals surface area (Å²) < 4.78 is 5.01. The van der Waals surface area contributed by atoms with Crippen LogP contribution in [0.25, 0.3) is 11.0 Å². The molecule has 9 nitrogen and oxygen atoms in total. The van der Waals surface area contributed by atoms with Gasteiger partial charge in [-0.15, -0.1) is 0 Å². The van der Waals surface area contributed by atoms with Gasteiger partial charge in [0.1, 0.15) is 11.3 Å². The number of hydrogen-bond donors (Lipinski definition) is 2. The Kier molecular flexibility index (Phi) is 5.30. The molecule has 142 valence electrons. The maximum atomic E-state index is 12.2. The Morgan fingerprint density at radius 2 is 1.75 bits per heavy atom. The van der Waals surface area contributed by atoms with Crippen molar-refractivity contribution in [2.75, 3.05) is 5.32 Å². The fourth-order valence-corrected chi connectivity index (χ4v) is 2.91. The first kappa shape index (κ1) is 19.3. The quantitative estimate of drug-likeness (QED) is 0.373. The monoisotopic (exact) mass is 421 g/mol. The van der Waals surface area contributed by atoms with Crippen LogP contribution in [0.1, 0.15) is 10.4 Å². The summed E-state index contributed by atoms with van der Waals surface area (Å²) in [6, 6.07) is 8.14. The molecule has 0 bridgehead atoms. The number of hydrogen-bond acceptors (Lipinski definition) is 6. The molecule has 0 radical (unpaired) electrons. The molecular formula is C17H9Cl2N3O6. The molecule has 11 heteroatoms. The van der Waals surface area contributed by atoms with E-state index in [2.05, 4.69) is 5.32 Å². The zero-order chi connectivity index (χ0) is 20.4. The number of imide groups is 1. The van der Waals surface area contributed by atoms with Crippen molar-refractivity contribution in [1.82, 2.24) is 5.32 Å². The predicted molar refractivity (Wildman–Crippen MR) is 102 cm³/mol. The van der Waals surface area contributed by atoms with Crippen molar-refractivity contribution in [3.05, 3.63) is 78.6 Å². The first-order valence-corrected chi connectivity index (χ1v) is 8.30. The second kappa shape index (κ2) is 7.67. The topological polar surface area (TPSA) is 132 Å². The van der Waals surface area contributed by atoms with E-state index in [4.69, 9.17) is 27.6 Å². The van der Waals surface area contributed by atoms with Crippen molar-refractivity contribution in [1.29, 1.82) is 0 Å². The second-order valence-electron chi connectivity index (χ2n) is 5.43. The number of nitrogens with one attached hydrogen (secondary N) is 2. The van der Waals surface area contributed by atoms with Gasteiger partial charge in [-0.05, 0) is 24.3 Å². The lowest BCUT2D eigenvalue weighted by Gasteiger charge is -2.08. The summed E-state index contributed by atoms with van der Waals surface area (Å²) in [5.41, 5.74) is -1.45. The minimum absolute atomic E-state index is 0.0373. The average molecular weight is 422 g/mol. The highest BCUT2D eigenvalue weighted by Crippen LogP contribution is 2.24. The van der Waals surface area contributed by atoms with Gasteiger partial charge in [-0.2, -0.15) is 0 Å². The highest BCUT2D eigenvalue weighted by Gasteiger charge is 2.18. The van der Waals surface area contributed by atoms with E-state index < -0.39 is 22.5 Å². The summed E-state index contributed by atoms with van der Waals surface area (Å²) in [6.45, 7) is 0. The fourth-order valence-electron chi connectivity index (χ4n) is 2.35. The number of carbonyl (C=O) groups is 2. The third-order valence-electron chi connectivity index (χ3n) is 3.59. The van der Waals surface area contributed by atoms with Gasteiger partial charge in [0.25, 0.3) is 11.6 Å². The minimum atomic E-state index is -1.04. The number of fused-ring (bicyclic) bond motifs is 1. The lowest BCUT2D eigenvalue weighted by molar-refractivity contribution is -0.384. The van der Waals surface area contributed by atoms with E-state index in [-0.39, 0.29) is 38.0 Å². The van der Waals surface area contributed by atoms with Crippen LogP contribution in [0.5, 0.6) is 0 Å². The second-order valence-corrected chi connectivity index (χ2v) is 6.25. The maximum absolute atomic E-state index is 12.2. The SMILES string of the molecule is O=C(NC(=O)c1c(Cl)cccc1Cl)Nc1cc2cc([N+](=O)[O-])ccc2oc1=O. The molecule has 0 aliphatic rings. The van der Waals surface area contributed by atoms with E-state index in [1.165, 1.54) is 42.5 Å². The number of rotatable bonds is 3. The van der Waals surface area contributed by atoms with Crippen LogP contribution in [0.2, 0.25) is 10.0 Å². The number of nitro groups is 1. The number of carbonyl (C=O) groups excluding carboxylic acids is 2. The van der Waals surface area contributed by atoms with Crippen LogP contribution in [0.15, 0.2) is 51.7 Å². The molecule has 0 atom stereocenters. The smallest absolute Gasteiger partial charge is 0.360 e. The van der Waals surface area contributed by atoms with E-state index in [0.29, 0.717) is 0 Å². The summed E-state index contributed by atoms with van der Waals surface area (Å²) in [7, 11) is 0. The molecule has 0 spiro atoms. The van der Waals surface area contributed by atoms with Crippen LogP contribution in [-0.4, -0.2) is 16.9 Å².